The van der Waals surface area contributed by atoms with Gasteiger partial charge in [0.1, 0.15) is 0 Å². The molecule has 0 radical (unpaired) electrons. The molecule has 0 amide bonds. The van der Waals surface area contributed by atoms with Crippen LogP contribution in [0.15, 0.2) is 46.9 Å². The van der Waals surface area contributed by atoms with Crippen molar-refractivity contribution in [2.45, 2.75) is 6.54 Å². The second-order valence-electron chi connectivity index (χ2n) is 4.33. The minimum absolute atomic E-state index is 0.399. The lowest BCUT2D eigenvalue weighted by Gasteiger charge is -2.10. The average molecular weight is 391 g/mol. The predicted octanol–water partition coefficient (Wildman–Crippen LogP) is 3.33. The van der Waals surface area contributed by atoms with Gasteiger partial charge in [-0.3, -0.25) is 4.72 Å². The molecule has 4 N–H and O–H groups in total. The van der Waals surface area contributed by atoms with Gasteiger partial charge < -0.3 is 5.32 Å². The van der Waals surface area contributed by atoms with E-state index in [1.54, 1.807) is 18.2 Å². The van der Waals surface area contributed by atoms with Crippen LogP contribution in [0.3, 0.4) is 0 Å². The first-order valence-corrected chi connectivity index (χ1v) is 8.63. The molecule has 21 heavy (non-hydrogen) atoms. The molecule has 0 aliphatic heterocycles. The molecule has 2 rings (SSSR count). The van der Waals surface area contributed by atoms with Gasteiger partial charge in [0.05, 0.1) is 10.7 Å². The molecule has 0 saturated carbocycles. The van der Waals surface area contributed by atoms with Crippen molar-refractivity contribution in [3.05, 3.63) is 57.5 Å². The van der Waals surface area contributed by atoms with Crippen LogP contribution in [0.25, 0.3) is 0 Å². The molecule has 0 aliphatic carbocycles. The van der Waals surface area contributed by atoms with Gasteiger partial charge in [0.25, 0.3) is 10.2 Å². The largest absolute Gasteiger partial charge is 0.381 e. The third-order valence-electron chi connectivity index (χ3n) is 2.60. The Bertz CT molecular complexity index is 753. The number of hydrogen-bond acceptors (Lipinski definition) is 3. The summed E-state index contributed by atoms with van der Waals surface area (Å²) in [4.78, 5) is 0. The molecule has 0 aromatic heterocycles. The van der Waals surface area contributed by atoms with Gasteiger partial charge in [-0.25, -0.2) is 5.14 Å². The zero-order valence-electron chi connectivity index (χ0n) is 10.8. The Morgan fingerprint density at radius 2 is 1.86 bits per heavy atom. The third kappa shape index (κ3) is 5.20. The van der Waals surface area contributed by atoms with Crippen molar-refractivity contribution in [2.75, 3.05) is 10.0 Å². The summed E-state index contributed by atoms with van der Waals surface area (Å²) < 4.78 is 25.0. The maximum atomic E-state index is 11.0. The zero-order valence-corrected chi connectivity index (χ0v) is 14.0. The van der Waals surface area contributed by atoms with Gasteiger partial charge in [-0.2, -0.15) is 8.42 Å². The maximum absolute atomic E-state index is 11.0. The standard InChI is InChI=1S/C13H13BrClN3O2S/c14-12-5-4-9(6-13(12)15)8-17-10-2-1-3-11(7-10)18-21(16,19)20/h1-7,17-18H,8H2,(H2,16,19,20). The van der Waals surface area contributed by atoms with Gasteiger partial charge in [0.2, 0.25) is 0 Å². The Balaban J connectivity index is 2.06. The SMILES string of the molecule is NS(=O)(=O)Nc1cccc(NCc2ccc(Br)c(Cl)c2)c1. The minimum atomic E-state index is -3.77. The average Bonchev–Trinajstić information content (AvgIpc) is 2.39. The number of benzene rings is 2. The molecule has 2 aromatic rings. The minimum Gasteiger partial charge on any atom is -0.381 e. The summed E-state index contributed by atoms with van der Waals surface area (Å²) >= 11 is 9.36. The molecule has 0 heterocycles. The highest BCUT2D eigenvalue weighted by Gasteiger charge is 2.03. The van der Waals surface area contributed by atoms with Crippen LogP contribution in [0.1, 0.15) is 5.56 Å². The Hall–Kier alpha value is -1.28. The summed E-state index contributed by atoms with van der Waals surface area (Å²) in [7, 11) is -3.77. The van der Waals surface area contributed by atoms with E-state index in [0.29, 0.717) is 17.3 Å². The van der Waals surface area contributed by atoms with Crippen LogP contribution in [0, 0.1) is 0 Å². The number of hydrogen-bond donors (Lipinski definition) is 3. The topological polar surface area (TPSA) is 84.2 Å². The van der Waals surface area contributed by atoms with Gasteiger partial charge in [-0.05, 0) is 51.8 Å². The number of nitrogens with one attached hydrogen (secondary N) is 2. The molecule has 0 bridgehead atoms. The highest BCUT2D eigenvalue weighted by Crippen LogP contribution is 2.24. The van der Waals surface area contributed by atoms with Crippen LogP contribution in [-0.4, -0.2) is 8.42 Å². The molecule has 0 spiro atoms. The van der Waals surface area contributed by atoms with Crippen molar-refractivity contribution in [3.8, 4) is 0 Å². The van der Waals surface area contributed by atoms with Crippen molar-refractivity contribution in [1.82, 2.24) is 0 Å². The highest BCUT2D eigenvalue weighted by molar-refractivity contribution is 9.10. The van der Waals surface area contributed by atoms with E-state index in [2.05, 4.69) is 26.0 Å². The first kappa shape index (κ1) is 16.1. The van der Waals surface area contributed by atoms with E-state index in [0.717, 1.165) is 15.7 Å². The summed E-state index contributed by atoms with van der Waals surface area (Å²) in [5.74, 6) is 0. The van der Waals surface area contributed by atoms with Gasteiger partial charge in [-0.1, -0.05) is 23.7 Å². The Labute approximate surface area is 136 Å². The molecule has 5 nitrogen and oxygen atoms in total. The van der Waals surface area contributed by atoms with Crippen LogP contribution in [0.5, 0.6) is 0 Å². The van der Waals surface area contributed by atoms with Gasteiger partial charge in [0, 0.05) is 16.7 Å². The van der Waals surface area contributed by atoms with Crippen LogP contribution < -0.4 is 15.2 Å². The maximum Gasteiger partial charge on any atom is 0.296 e. The summed E-state index contributed by atoms with van der Waals surface area (Å²) in [6.45, 7) is 0.561. The molecule has 8 heteroatoms. The molecular formula is C13H13BrClN3O2S. The fraction of sp³-hybridized carbons (Fsp3) is 0.0769. The molecule has 2 aromatic carbocycles. The molecule has 112 valence electrons. The van der Waals surface area contributed by atoms with E-state index in [1.165, 1.54) is 0 Å². The molecular weight excluding hydrogens is 378 g/mol. The lowest BCUT2D eigenvalue weighted by atomic mass is 10.2. The second kappa shape index (κ2) is 6.65. The van der Waals surface area contributed by atoms with E-state index in [-0.39, 0.29) is 0 Å². The van der Waals surface area contributed by atoms with Crippen molar-refractivity contribution >= 4 is 49.1 Å². The summed E-state index contributed by atoms with van der Waals surface area (Å²) in [5, 5.41) is 8.76. The molecule has 0 saturated heterocycles. The van der Waals surface area contributed by atoms with Crippen LogP contribution >= 0.6 is 27.5 Å². The van der Waals surface area contributed by atoms with Crippen molar-refractivity contribution in [1.29, 1.82) is 0 Å². The van der Waals surface area contributed by atoms with Crippen molar-refractivity contribution in [3.63, 3.8) is 0 Å². The molecule has 0 fully saturated rings. The normalized spacial score (nSPS) is 11.2. The second-order valence-corrected chi connectivity index (χ2v) is 6.89. The van der Waals surface area contributed by atoms with E-state index in [4.69, 9.17) is 16.7 Å². The molecule has 0 unspecified atom stereocenters. The quantitative estimate of drug-likeness (QED) is 0.732. The monoisotopic (exact) mass is 389 g/mol. The third-order valence-corrected chi connectivity index (χ3v) is 4.36. The fourth-order valence-corrected chi connectivity index (χ4v) is 2.62. The van der Waals surface area contributed by atoms with E-state index >= 15 is 0 Å². The summed E-state index contributed by atoms with van der Waals surface area (Å²) in [6.07, 6.45) is 0. The van der Waals surface area contributed by atoms with Gasteiger partial charge >= 0.3 is 0 Å². The number of nitrogens with two attached hydrogens (primary N) is 1. The van der Waals surface area contributed by atoms with Gasteiger partial charge in [0.15, 0.2) is 0 Å². The van der Waals surface area contributed by atoms with Crippen LogP contribution in [-0.2, 0) is 16.8 Å². The van der Waals surface area contributed by atoms with Crippen LogP contribution in [0.4, 0.5) is 11.4 Å². The van der Waals surface area contributed by atoms with E-state index in [1.807, 2.05) is 24.3 Å². The number of rotatable bonds is 5. The highest BCUT2D eigenvalue weighted by atomic mass is 79.9. The summed E-state index contributed by atoms with van der Waals surface area (Å²) in [5.41, 5.74) is 2.17. The Kier molecular flexibility index (Phi) is 5.10. The molecule has 0 aliphatic rings. The predicted molar refractivity (Wildman–Crippen MR) is 89.7 cm³/mol. The first-order chi connectivity index (χ1) is 9.83. The fourth-order valence-electron chi connectivity index (χ4n) is 1.71. The number of halogens is 2. The summed E-state index contributed by atoms with van der Waals surface area (Å²) in [6, 6.07) is 12.5. The van der Waals surface area contributed by atoms with E-state index in [9.17, 15) is 8.42 Å². The van der Waals surface area contributed by atoms with E-state index < -0.39 is 10.2 Å². The first-order valence-electron chi connectivity index (χ1n) is 5.92. The van der Waals surface area contributed by atoms with Crippen molar-refractivity contribution < 1.29 is 8.42 Å². The smallest absolute Gasteiger partial charge is 0.296 e. The Morgan fingerprint density at radius 3 is 2.52 bits per heavy atom. The van der Waals surface area contributed by atoms with Crippen LogP contribution in [0.2, 0.25) is 5.02 Å². The zero-order chi connectivity index (χ0) is 15.5. The lowest BCUT2D eigenvalue weighted by molar-refractivity contribution is 0.603. The van der Waals surface area contributed by atoms with Crippen molar-refractivity contribution in [2.24, 2.45) is 5.14 Å². The lowest BCUT2D eigenvalue weighted by Crippen LogP contribution is -2.21. The Morgan fingerprint density at radius 1 is 1.14 bits per heavy atom. The molecule has 0 atom stereocenters. The van der Waals surface area contributed by atoms with Gasteiger partial charge in [-0.15, -0.1) is 0 Å². The number of anilines is 2.